The van der Waals surface area contributed by atoms with Crippen molar-refractivity contribution in [1.29, 1.82) is 0 Å². The number of nitrogens with zero attached hydrogens (tertiary/aromatic N) is 3. The first kappa shape index (κ1) is 16.9. The molecule has 3 nitrogen and oxygen atoms in total. The first-order chi connectivity index (χ1) is 9.37. The van der Waals surface area contributed by atoms with E-state index in [1.807, 2.05) is 12.3 Å². The zero-order valence-corrected chi connectivity index (χ0v) is 14.1. The molecule has 3 heteroatoms. The van der Waals surface area contributed by atoms with Gasteiger partial charge in [0.05, 0.1) is 0 Å². The van der Waals surface area contributed by atoms with Gasteiger partial charge in [0.25, 0.3) is 0 Å². The Morgan fingerprint density at radius 2 is 1.95 bits per heavy atom. The second kappa shape index (κ2) is 7.61. The number of rotatable bonds is 7. The van der Waals surface area contributed by atoms with Crippen LogP contribution in [0.3, 0.4) is 0 Å². The van der Waals surface area contributed by atoms with E-state index in [4.69, 9.17) is 4.98 Å². The molecular formula is C17H31N3. The fourth-order valence-corrected chi connectivity index (χ4v) is 2.11. The summed E-state index contributed by atoms with van der Waals surface area (Å²) in [5.41, 5.74) is 1.49. The van der Waals surface area contributed by atoms with Gasteiger partial charge in [0.1, 0.15) is 0 Å². The summed E-state index contributed by atoms with van der Waals surface area (Å²) in [6, 6.07) is 2.51. The lowest BCUT2D eigenvalue weighted by molar-refractivity contribution is 0.371. The molecule has 1 aromatic rings. The van der Waals surface area contributed by atoms with Gasteiger partial charge < -0.3 is 4.90 Å². The Bertz CT molecular complexity index is 395. The van der Waals surface area contributed by atoms with Crippen LogP contribution in [0.2, 0.25) is 0 Å². The minimum atomic E-state index is 0.340. The fraction of sp³-hybridized carbons (Fsp3) is 0.765. The highest BCUT2D eigenvalue weighted by Crippen LogP contribution is 2.22. The molecule has 20 heavy (non-hydrogen) atoms. The van der Waals surface area contributed by atoms with Gasteiger partial charge in [0.2, 0.25) is 5.95 Å². The summed E-state index contributed by atoms with van der Waals surface area (Å²) in [7, 11) is 0. The molecule has 0 aliphatic rings. The predicted octanol–water partition coefficient (Wildman–Crippen LogP) is 4.47. The van der Waals surface area contributed by atoms with Crippen LogP contribution in [0.25, 0.3) is 0 Å². The Hall–Kier alpha value is -1.12. The van der Waals surface area contributed by atoms with Crippen molar-refractivity contribution in [2.75, 3.05) is 11.4 Å². The quantitative estimate of drug-likeness (QED) is 0.736. The summed E-state index contributed by atoms with van der Waals surface area (Å²) in [5, 5.41) is 0. The van der Waals surface area contributed by atoms with Crippen molar-refractivity contribution < 1.29 is 0 Å². The molecule has 0 fully saturated rings. The average Bonchev–Trinajstić information content (AvgIpc) is 2.38. The Balaban J connectivity index is 2.89. The van der Waals surface area contributed by atoms with E-state index < -0.39 is 0 Å². The van der Waals surface area contributed by atoms with Crippen LogP contribution in [0.5, 0.6) is 0 Å². The first-order valence-electron chi connectivity index (χ1n) is 7.96. The van der Waals surface area contributed by atoms with Crippen molar-refractivity contribution in [3.05, 3.63) is 18.0 Å². The van der Waals surface area contributed by atoms with Gasteiger partial charge >= 0.3 is 0 Å². The van der Waals surface area contributed by atoms with E-state index >= 15 is 0 Å². The number of aryl methyl sites for hydroxylation is 1. The van der Waals surface area contributed by atoms with Crippen molar-refractivity contribution >= 4 is 5.95 Å². The van der Waals surface area contributed by atoms with Crippen molar-refractivity contribution in [2.24, 2.45) is 5.41 Å². The van der Waals surface area contributed by atoms with Gasteiger partial charge in [-0.2, -0.15) is 0 Å². The van der Waals surface area contributed by atoms with Crippen LogP contribution in [0.15, 0.2) is 12.3 Å². The molecular weight excluding hydrogens is 246 g/mol. The molecule has 0 aromatic carbocycles. The van der Waals surface area contributed by atoms with Gasteiger partial charge in [-0.3, -0.25) is 0 Å². The summed E-state index contributed by atoms with van der Waals surface area (Å²) in [6.07, 6.45) is 6.33. The molecule has 1 heterocycles. The van der Waals surface area contributed by atoms with Gasteiger partial charge in [0, 0.05) is 24.5 Å². The molecule has 0 aliphatic carbocycles. The van der Waals surface area contributed by atoms with Crippen LogP contribution in [0, 0.1) is 5.41 Å². The highest BCUT2D eigenvalue weighted by Gasteiger charge is 2.19. The van der Waals surface area contributed by atoms with Gasteiger partial charge in [-0.15, -0.1) is 0 Å². The van der Waals surface area contributed by atoms with E-state index in [1.165, 1.54) is 0 Å². The van der Waals surface area contributed by atoms with Crippen LogP contribution < -0.4 is 4.90 Å². The molecule has 1 rings (SSSR count). The molecule has 0 aliphatic heterocycles. The second-order valence-electron chi connectivity index (χ2n) is 6.86. The lowest BCUT2D eigenvalue weighted by atomic mass is 9.92. The van der Waals surface area contributed by atoms with Crippen LogP contribution in [0.1, 0.15) is 66.5 Å². The lowest BCUT2D eigenvalue weighted by Crippen LogP contribution is -2.36. The number of hydrogen-bond acceptors (Lipinski definition) is 3. The van der Waals surface area contributed by atoms with Crippen molar-refractivity contribution in [2.45, 2.75) is 73.3 Å². The van der Waals surface area contributed by atoms with Gasteiger partial charge in [-0.05, 0) is 37.7 Å². The van der Waals surface area contributed by atoms with Crippen LogP contribution >= 0.6 is 0 Å². The number of hydrogen-bond donors (Lipinski definition) is 0. The smallest absolute Gasteiger partial charge is 0.225 e. The van der Waals surface area contributed by atoms with E-state index in [0.29, 0.717) is 11.5 Å². The summed E-state index contributed by atoms with van der Waals surface area (Å²) >= 11 is 0. The highest BCUT2D eigenvalue weighted by atomic mass is 15.3. The Kier molecular flexibility index (Phi) is 6.44. The summed E-state index contributed by atoms with van der Waals surface area (Å²) in [5.74, 6) is 0.898. The highest BCUT2D eigenvalue weighted by molar-refractivity contribution is 5.31. The molecule has 0 spiro atoms. The topological polar surface area (TPSA) is 29.0 Å². The van der Waals surface area contributed by atoms with E-state index in [2.05, 4.69) is 51.4 Å². The lowest BCUT2D eigenvalue weighted by Gasteiger charge is -2.31. The Morgan fingerprint density at radius 1 is 1.25 bits per heavy atom. The number of aromatic nitrogens is 2. The van der Waals surface area contributed by atoms with E-state index in [0.717, 1.165) is 43.9 Å². The largest absolute Gasteiger partial charge is 0.338 e. The maximum absolute atomic E-state index is 4.75. The molecule has 0 saturated heterocycles. The zero-order valence-electron chi connectivity index (χ0n) is 14.1. The molecule has 0 saturated carbocycles. The monoisotopic (exact) mass is 277 g/mol. The van der Waals surface area contributed by atoms with Crippen LogP contribution in [-0.4, -0.2) is 22.6 Å². The van der Waals surface area contributed by atoms with Gasteiger partial charge in [-0.25, -0.2) is 9.97 Å². The van der Waals surface area contributed by atoms with E-state index in [-0.39, 0.29) is 0 Å². The van der Waals surface area contributed by atoms with Crippen molar-refractivity contribution in [3.8, 4) is 0 Å². The summed E-state index contributed by atoms with van der Waals surface area (Å²) in [6.45, 7) is 14.6. The maximum Gasteiger partial charge on any atom is 0.225 e. The minimum Gasteiger partial charge on any atom is -0.338 e. The van der Waals surface area contributed by atoms with Gasteiger partial charge in [-0.1, -0.05) is 41.0 Å². The SMILES string of the molecule is CCCc1ccnc(N(CCC(C)(C)C)C(C)CC)n1. The molecule has 1 aromatic heterocycles. The third-order valence-electron chi connectivity index (χ3n) is 3.69. The van der Waals surface area contributed by atoms with E-state index in [9.17, 15) is 0 Å². The third-order valence-corrected chi connectivity index (χ3v) is 3.69. The standard InChI is InChI=1S/C17H31N3/c1-7-9-15-10-12-18-16(19-15)20(14(3)8-2)13-11-17(4,5)6/h10,12,14H,7-9,11,13H2,1-6H3. The van der Waals surface area contributed by atoms with Crippen molar-refractivity contribution in [3.63, 3.8) is 0 Å². The van der Waals surface area contributed by atoms with Gasteiger partial charge in [0.15, 0.2) is 0 Å². The number of anilines is 1. The van der Waals surface area contributed by atoms with Crippen molar-refractivity contribution in [1.82, 2.24) is 9.97 Å². The normalized spacial score (nSPS) is 13.3. The van der Waals surface area contributed by atoms with Crippen LogP contribution in [0.4, 0.5) is 5.95 Å². The molecule has 0 N–H and O–H groups in total. The summed E-state index contributed by atoms with van der Waals surface area (Å²) in [4.78, 5) is 11.6. The predicted molar refractivity (Wildman–Crippen MR) is 87.2 cm³/mol. The molecule has 1 atom stereocenters. The second-order valence-corrected chi connectivity index (χ2v) is 6.86. The molecule has 0 bridgehead atoms. The fourth-order valence-electron chi connectivity index (χ4n) is 2.11. The summed E-state index contributed by atoms with van der Waals surface area (Å²) < 4.78 is 0. The Labute approximate surface area is 124 Å². The maximum atomic E-state index is 4.75. The molecule has 0 radical (unpaired) electrons. The van der Waals surface area contributed by atoms with E-state index in [1.54, 1.807) is 0 Å². The molecule has 1 unspecified atom stereocenters. The third kappa shape index (κ3) is 5.48. The first-order valence-corrected chi connectivity index (χ1v) is 7.96. The molecule has 0 amide bonds. The minimum absolute atomic E-state index is 0.340. The average molecular weight is 277 g/mol. The zero-order chi connectivity index (χ0) is 15.2. The Morgan fingerprint density at radius 3 is 2.50 bits per heavy atom. The molecule has 114 valence electrons. The van der Waals surface area contributed by atoms with Crippen LogP contribution in [-0.2, 0) is 6.42 Å².